The van der Waals surface area contributed by atoms with Crippen molar-refractivity contribution in [2.45, 2.75) is 20.4 Å². The van der Waals surface area contributed by atoms with Crippen molar-refractivity contribution >= 4 is 31.8 Å². The lowest BCUT2D eigenvalue weighted by Crippen LogP contribution is -2.22. The van der Waals surface area contributed by atoms with E-state index in [0.29, 0.717) is 17.9 Å². The molecule has 0 saturated heterocycles. The second-order valence-electron chi connectivity index (χ2n) is 6.31. The molecule has 0 aliphatic rings. The summed E-state index contributed by atoms with van der Waals surface area (Å²) in [4.78, 5) is 22.8. The molecule has 0 aliphatic heterocycles. The average Bonchev–Trinajstić information content (AvgIpc) is 3.03. The minimum atomic E-state index is -0.0571. The van der Waals surface area contributed by atoms with E-state index in [1.165, 1.54) is 11.3 Å². The quantitative estimate of drug-likeness (QED) is 0.527. The molecule has 0 atom stereocenters. The Morgan fingerprint density at radius 2 is 1.89 bits per heavy atom. The first-order chi connectivity index (χ1) is 13.1. The molecule has 3 heterocycles. The molecule has 4 aromatic rings. The Morgan fingerprint density at radius 3 is 2.63 bits per heavy atom. The number of rotatable bonds is 5. The van der Waals surface area contributed by atoms with Crippen LogP contribution in [0.1, 0.15) is 11.3 Å². The molecule has 0 spiro atoms. The molecule has 0 bridgehead atoms. The molecule has 0 N–H and O–H groups in total. The van der Waals surface area contributed by atoms with E-state index in [1.807, 2.05) is 44.2 Å². The van der Waals surface area contributed by atoms with Crippen LogP contribution < -0.4 is 15.0 Å². The molecule has 0 aliphatic carbocycles. The van der Waals surface area contributed by atoms with Crippen LogP contribution >= 0.6 is 11.3 Å². The molecule has 0 unspecified atom stereocenters. The molecule has 1 aromatic carbocycles. The number of nitrogens with zero attached hydrogens (tertiary/aromatic N) is 3. The number of hydrogen-bond acceptors (Lipinski definition) is 6. The van der Waals surface area contributed by atoms with Gasteiger partial charge in [-0.25, -0.2) is 9.97 Å². The largest absolute Gasteiger partial charge is 0.497 e. The van der Waals surface area contributed by atoms with E-state index in [9.17, 15) is 4.79 Å². The molecule has 0 radical (unpaired) electrons. The normalized spacial score (nSPS) is 11.2. The van der Waals surface area contributed by atoms with Gasteiger partial charge in [-0.3, -0.25) is 9.36 Å². The van der Waals surface area contributed by atoms with Crippen molar-refractivity contribution in [1.29, 1.82) is 0 Å². The van der Waals surface area contributed by atoms with Crippen LogP contribution in [0.15, 0.2) is 41.5 Å². The van der Waals surface area contributed by atoms with E-state index < -0.39 is 0 Å². The molecule has 4 rings (SSSR count). The minimum absolute atomic E-state index is 0.0571. The molecular formula is C20H19N3O3S. The van der Waals surface area contributed by atoms with Gasteiger partial charge >= 0.3 is 0 Å². The summed E-state index contributed by atoms with van der Waals surface area (Å²) in [5.41, 5.74) is 2.71. The molecule has 0 saturated carbocycles. The summed E-state index contributed by atoms with van der Waals surface area (Å²) in [5.74, 6) is 1.51. The summed E-state index contributed by atoms with van der Waals surface area (Å²) in [5, 5.41) is 0.972. The molecule has 138 valence electrons. The topological polar surface area (TPSA) is 66.2 Å². The van der Waals surface area contributed by atoms with Gasteiger partial charge in [-0.2, -0.15) is 0 Å². The minimum Gasteiger partial charge on any atom is -0.497 e. The Balaban J connectivity index is 1.59. The van der Waals surface area contributed by atoms with E-state index in [2.05, 4.69) is 9.97 Å². The molecule has 6 nitrogen and oxygen atoms in total. The molecule has 0 amide bonds. The van der Waals surface area contributed by atoms with Crippen molar-refractivity contribution in [2.75, 3.05) is 13.7 Å². The number of pyridine rings is 1. The zero-order valence-electron chi connectivity index (χ0n) is 15.4. The zero-order valence-corrected chi connectivity index (χ0v) is 16.2. The zero-order chi connectivity index (χ0) is 19.0. The highest BCUT2D eigenvalue weighted by atomic mass is 32.1. The number of methoxy groups -OCH3 is 1. The Hall–Kier alpha value is -2.93. The second kappa shape index (κ2) is 7.00. The summed E-state index contributed by atoms with van der Waals surface area (Å²) in [6.45, 7) is 4.78. The summed E-state index contributed by atoms with van der Waals surface area (Å²) < 4.78 is 13.1. The monoisotopic (exact) mass is 381 g/mol. The Kier molecular flexibility index (Phi) is 4.53. The van der Waals surface area contributed by atoms with E-state index >= 15 is 0 Å². The van der Waals surface area contributed by atoms with E-state index in [4.69, 9.17) is 9.47 Å². The number of aromatic nitrogens is 3. The van der Waals surface area contributed by atoms with Gasteiger partial charge in [0.2, 0.25) is 0 Å². The van der Waals surface area contributed by atoms with Crippen LogP contribution in [0.2, 0.25) is 0 Å². The van der Waals surface area contributed by atoms with Gasteiger partial charge in [0.15, 0.2) is 0 Å². The van der Waals surface area contributed by atoms with Crippen LogP contribution in [0, 0.1) is 13.8 Å². The lowest BCUT2D eigenvalue weighted by molar-refractivity contribution is 0.295. The maximum absolute atomic E-state index is 12.9. The number of benzene rings is 1. The van der Waals surface area contributed by atoms with Crippen LogP contribution in [0.3, 0.4) is 0 Å². The van der Waals surface area contributed by atoms with Crippen molar-refractivity contribution in [1.82, 2.24) is 14.5 Å². The summed E-state index contributed by atoms with van der Waals surface area (Å²) in [7, 11) is 1.62. The van der Waals surface area contributed by atoms with Crippen molar-refractivity contribution < 1.29 is 9.47 Å². The van der Waals surface area contributed by atoms with Crippen molar-refractivity contribution in [2.24, 2.45) is 0 Å². The van der Waals surface area contributed by atoms with Crippen LogP contribution in [-0.4, -0.2) is 28.3 Å². The second-order valence-corrected chi connectivity index (χ2v) is 7.31. The van der Waals surface area contributed by atoms with E-state index in [0.717, 1.165) is 38.5 Å². The Morgan fingerprint density at radius 1 is 1.15 bits per heavy atom. The fourth-order valence-electron chi connectivity index (χ4n) is 3.09. The Labute approximate surface area is 160 Å². The summed E-state index contributed by atoms with van der Waals surface area (Å²) in [6, 6.07) is 9.37. The summed E-state index contributed by atoms with van der Waals surface area (Å²) in [6.07, 6.45) is 1.59. The molecular weight excluding hydrogens is 362 g/mol. The van der Waals surface area contributed by atoms with Crippen LogP contribution in [0.5, 0.6) is 11.5 Å². The first-order valence-electron chi connectivity index (χ1n) is 8.59. The number of hydrogen-bond donors (Lipinski definition) is 0. The number of aryl methyl sites for hydroxylation is 2. The Bertz CT molecular complexity index is 1180. The maximum atomic E-state index is 12.9. The molecule has 0 fully saturated rings. The molecule has 7 heteroatoms. The van der Waals surface area contributed by atoms with E-state index in [-0.39, 0.29) is 5.56 Å². The van der Waals surface area contributed by atoms with Gasteiger partial charge in [-0.1, -0.05) is 0 Å². The van der Waals surface area contributed by atoms with Crippen molar-refractivity contribution in [3.05, 3.63) is 58.3 Å². The van der Waals surface area contributed by atoms with Gasteiger partial charge in [0.05, 0.1) is 25.5 Å². The smallest absolute Gasteiger partial charge is 0.271 e. The number of thiophene rings is 1. The summed E-state index contributed by atoms with van der Waals surface area (Å²) >= 11 is 1.40. The fraction of sp³-hybridized carbons (Fsp3) is 0.250. The predicted molar refractivity (Wildman–Crippen MR) is 107 cm³/mol. The van der Waals surface area contributed by atoms with Gasteiger partial charge in [0.25, 0.3) is 5.56 Å². The highest BCUT2D eigenvalue weighted by Gasteiger charge is 2.14. The number of fused-ring (bicyclic) bond motifs is 3. The van der Waals surface area contributed by atoms with Crippen molar-refractivity contribution in [3.63, 3.8) is 0 Å². The van der Waals surface area contributed by atoms with Gasteiger partial charge in [-0.05, 0) is 49.7 Å². The standard InChI is InChI=1S/C20H19N3O3S/c1-12-10-13(2)22-19-16(12)17-18(27-19)20(24)23(11-21-17)8-9-26-15-6-4-14(25-3)5-7-15/h4-7,10-11H,8-9H2,1-3H3. The van der Waals surface area contributed by atoms with Gasteiger partial charge in [-0.15, -0.1) is 11.3 Å². The lowest BCUT2D eigenvalue weighted by atomic mass is 10.1. The lowest BCUT2D eigenvalue weighted by Gasteiger charge is -2.08. The molecule has 27 heavy (non-hydrogen) atoms. The van der Waals surface area contributed by atoms with E-state index in [1.54, 1.807) is 18.0 Å². The third-order valence-electron chi connectivity index (χ3n) is 4.40. The van der Waals surface area contributed by atoms with Gasteiger partial charge < -0.3 is 9.47 Å². The third kappa shape index (κ3) is 3.26. The highest BCUT2D eigenvalue weighted by molar-refractivity contribution is 7.25. The van der Waals surface area contributed by atoms with Gasteiger partial charge in [0, 0.05) is 11.1 Å². The molecule has 3 aromatic heterocycles. The van der Waals surface area contributed by atoms with Gasteiger partial charge in [0.1, 0.15) is 27.6 Å². The number of ether oxygens (including phenoxy) is 2. The predicted octanol–water partition coefficient (Wildman–Crippen LogP) is 3.71. The average molecular weight is 381 g/mol. The maximum Gasteiger partial charge on any atom is 0.271 e. The first-order valence-corrected chi connectivity index (χ1v) is 9.41. The third-order valence-corrected chi connectivity index (χ3v) is 5.46. The fourth-order valence-corrected chi connectivity index (χ4v) is 4.29. The van der Waals surface area contributed by atoms with Crippen molar-refractivity contribution in [3.8, 4) is 11.5 Å². The highest BCUT2D eigenvalue weighted by Crippen LogP contribution is 2.31. The van der Waals surface area contributed by atoms with Crippen LogP contribution in [-0.2, 0) is 6.54 Å². The first kappa shape index (κ1) is 17.5. The SMILES string of the molecule is COc1ccc(OCCn2cnc3c(sc4nc(C)cc(C)c43)c2=O)cc1. The van der Waals surface area contributed by atoms with Crippen LogP contribution in [0.4, 0.5) is 0 Å². The van der Waals surface area contributed by atoms with Crippen LogP contribution in [0.25, 0.3) is 20.4 Å².